The van der Waals surface area contributed by atoms with Crippen LogP contribution in [0.3, 0.4) is 0 Å². The minimum Gasteiger partial charge on any atom is -0.395 e. The first-order chi connectivity index (χ1) is 9.33. The Kier molecular flexibility index (Phi) is 4.77. The molecule has 2 aromatic rings. The van der Waals surface area contributed by atoms with Gasteiger partial charge in [-0.25, -0.2) is 4.98 Å². The molecule has 0 fully saturated rings. The van der Waals surface area contributed by atoms with Crippen LogP contribution in [0.1, 0.15) is 30.3 Å². The Morgan fingerprint density at radius 1 is 1.26 bits per heavy atom. The van der Waals surface area contributed by atoms with E-state index >= 15 is 0 Å². The van der Waals surface area contributed by atoms with Crippen molar-refractivity contribution in [3.63, 3.8) is 0 Å². The molecule has 2 rings (SSSR count). The summed E-state index contributed by atoms with van der Waals surface area (Å²) < 4.78 is 2.16. The number of aliphatic hydroxyl groups is 1. The smallest absolute Gasteiger partial charge is 0.108 e. The number of nitrogens with zero attached hydrogens (tertiary/aromatic N) is 2. The SMILES string of the molecule is CCc1nccn1Cc1ccc(C#CCCO)cc1. The molecule has 0 spiro atoms. The van der Waals surface area contributed by atoms with Gasteiger partial charge < -0.3 is 9.67 Å². The van der Waals surface area contributed by atoms with Gasteiger partial charge in [-0.3, -0.25) is 0 Å². The van der Waals surface area contributed by atoms with Crippen molar-refractivity contribution in [3.8, 4) is 11.8 Å². The summed E-state index contributed by atoms with van der Waals surface area (Å²) in [4.78, 5) is 4.32. The highest BCUT2D eigenvalue weighted by molar-refractivity contribution is 5.36. The fraction of sp³-hybridized carbons (Fsp3) is 0.312. The zero-order valence-corrected chi connectivity index (χ0v) is 11.1. The maximum Gasteiger partial charge on any atom is 0.108 e. The minimum absolute atomic E-state index is 0.117. The molecule has 0 saturated carbocycles. The summed E-state index contributed by atoms with van der Waals surface area (Å²) in [5, 5.41) is 8.67. The lowest BCUT2D eigenvalue weighted by Gasteiger charge is -2.06. The van der Waals surface area contributed by atoms with E-state index in [0.717, 1.165) is 24.4 Å². The van der Waals surface area contributed by atoms with Gasteiger partial charge in [0.2, 0.25) is 0 Å². The Bertz CT molecular complexity index is 573. The first kappa shape index (κ1) is 13.4. The normalized spacial score (nSPS) is 10.0. The molecule has 0 radical (unpaired) electrons. The lowest BCUT2D eigenvalue weighted by molar-refractivity contribution is 0.305. The van der Waals surface area contributed by atoms with E-state index in [2.05, 4.69) is 40.4 Å². The van der Waals surface area contributed by atoms with Gasteiger partial charge in [-0.1, -0.05) is 30.9 Å². The van der Waals surface area contributed by atoms with E-state index in [1.165, 1.54) is 5.56 Å². The molecule has 1 heterocycles. The number of aliphatic hydroxyl groups excluding tert-OH is 1. The summed E-state index contributed by atoms with van der Waals surface area (Å²) in [6.45, 7) is 3.07. The van der Waals surface area contributed by atoms with E-state index in [-0.39, 0.29) is 6.61 Å². The van der Waals surface area contributed by atoms with Gasteiger partial charge in [-0.15, -0.1) is 0 Å². The zero-order chi connectivity index (χ0) is 13.5. The number of aryl methyl sites for hydroxylation is 1. The quantitative estimate of drug-likeness (QED) is 0.850. The second-order valence-electron chi connectivity index (χ2n) is 4.30. The standard InChI is InChI=1S/C16H18N2O/c1-2-16-17-10-11-18(16)13-15-8-6-14(7-9-15)5-3-4-12-19/h6-11,19H,2,4,12-13H2,1H3. The van der Waals surface area contributed by atoms with Crippen LogP contribution in [0.15, 0.2) is 36.7 Å². The summed E-state index contributed by atoms with van der Waals surface area (Å²) in [5.74, 6) is 7.05. The number of rotatable bonds is 4. The Morgan fingerprint density at radius 2 is 2.05 bits per heavy atom. The van der Waals surface area contributed by atoms with Crippen LogP contribution in [-0.2, 0) is 13.0 Å². The molecular formula is C16H18N2O. The molecule has 0 bridgehead atoms. The third-order valence-electron chi connectivity index (χ3n) is 2.89. The lowest BCUT2D eigenvalue weighted by Crippen LogP contribution is -2.03. The van der Waals surface area contributed by atoms with Gasteiger partial charge in [0, 0.05) is 37.3 Å². The molecule has 1 aromatic carbocycles. The van der Waals surface area contributed by atoms with E-state index in [0.29, 0.717) is 6.42 Å². The van der Waals surface area contributed by atoms with Crippen LogP contribution in [0, 0.1) is 11.8 Å². The lowest BCUT2D eigenvalue weighted by atomic mass is 10.1. The molecule has 0 atom stereocenters. The number of hydrogen-bond acceptors (Lipinski definition) is 2. The first-order valence-electron chi connectivity index (χ1n) is 6.52. The van der Waals surface area contributed by atoms with Gasteiger partial charge in [0.15, 0.2) is 0 Å². The van der Waals surface area contributed by atoms with Gasteiger partial charge in [0.05, 0.1) is 6.61 Å². The molecule has 0 amide bonds. The van der Waals surface area contributed by atoms with Crippen molar-refractivity contribution in [1.29, 1.82) is 0 Å². The van der Waals surface area contributed by atoms with Crippen LogP contribution in [0.2, 0.25) is 0 Å². The average molecular weight is 254 g/mol. The van der Waals surface area contributed by atoms with Crippen LogP contribution < -0.4 is 0 Å². The van der Waals surface area contributed by atoms with E-state index in [4.69, 9.17) is 5.11 Å². The van der Waals surface area contributed by atoms with Crippen molar-refractivity contribution in [3.05, 3.63) is 53.6 Å². The maximum atomic E-state index is 8.67. The maximum absolute atomic E-state index is 8.67. The molecule has 1 aromatic heterocycles. The largest absolute Gasteiger partial charge is 0.395 e. The second-order valence-corrected chi connectivity index (χ2v) is 4.30. The minimum atomic E-state index is 0.117. The molecule has 0 aliphatic carbocycles. The molecule has 3 nitrogen and oxygen atoms in total. The predicted molar refractivity (Wildman–Crippen MR) is 75.7 cm³/mol. The van der Waals surface area contributed by atoms with Gasteiger partial charge >= 0.3 is 0 Å². The number of aromatic nitrogens is 2. The highest BCUT2D eigenvalue weighted by atomic mass is 16.2. The third-order valence-corrected chi connectivity index (χ3v) is 2.89. The molecule has 98 valence electrons. The Morgan fingerprint density at radius 3 is 2.74 bits per heavy atom. The second kappa shape index (κ2) is 6.77. The molecule has 19 heavy (non-hydrogen) atoms. The van der Waals surface area contributed by atoms with Crippen molar-refractivity contribution < 1.29 is 5.11 Å². The monoisotopic (exact) mass is 254 g/mol. The number of hydrogen-bond donors (Lipinski definition) is 1. The van der Waals surface area contributed by atoms with Crippen molar-refractivity contribution in [2.45, 2.75) is 26.3 Å². The molecule has 1 N–H and O–H groups in total. The summed E-state index contributed by atoms with van der Waals surface area (Å²) >= 11 is 0. The average Bonchev–Trinajstić information content (AvgIpc) is 2.88. The van der Waals surface area contributed by atoms with Crippen LogP contribution in [0.5, 0.6) is 0 Å². The van der Waals surface area contributed by atoms with Crippen molar-refractivity contribution in [2.24, 2.45) is 0 Å². The molecule has 0 unspecified atom stereocenters. The number of benzene rings is 1. The van der Waals surface area contributed by atoms with Crippen molar-refractivity contribution in [1.82, 2.24) is 9.55 Å². The molecule has 3 heteroatoms. The Hall–Kier alpha value is -2.05. The van der Waals surface area contributed by atoms with E-state index in [9.17, 15) is 0 Å². The molecule has 0 saturated heterocycles. The van der Waals surface area contributed by atoms with Gasteiger partial charge in [-0.2, -0.15) is 0 Å². The Labute approximate surface area is 113 Å². The van der Waals surface area contributed by atoms with Gasteiger partial charge in [-0.05, 0) is 17.7 Å². The molecule has 0 aliphatic rings. The van der Waals surface area contributed by atoms with Crippen LogP contribution in [-0.4, -0.2) is 21.3 Å². The predicted octanol–water partition coefficient (Wildman–Crippen LogP) is 2.23. The zero-order valence-electron chi connectivity index (χ0n) is 11.1. The van der Waals surface area contributed by atoms with Gasteiger partial charge in [0.1, 0.15) is 5.82 Å². The highest BCUT2D eigenvalue weighted by Gasteiger charge is 2.00. The van der Waals surface area contributed by atoms with E-state index in [1.807, 2.05) is 24.5 Å². The van der Waals surface area contributed by atoms with E-state index < -0.39 is 0 Å². The fourth-order valence-corrected chi connectivity index (χ4v) is 1.91. The summed E-state index contributed by atoms with van der Waals surface area (Å²) in [5.41, 5.74) is 2.22. The van der Waals surface area contributed by atoms with Crippen LogP contribution >= 0.6 is 0 Å². The van der Waals surface area contributed by atoms with Crippen LogP contribution in [0.4, 0.5) is 0 Å². The van der Waals surface area contributed by atoms with Gasteiger partial charge in [0.25, 0.3) is 0 Å². The van der Waals surface area contributed by atoms with E-state index in [1.54, 1.807) is 0 Å². The van der Waals surface area contributed by atoms with Crippen molar-refractivity contribution >= 4 is 0 Å². The molecular weight excluding hydrogens is 236 g/mol. The third kappa shape index (κ3) is 3.70. The summed E-state index contributed by atoms with van der Waals surface area (Å²) in [6, 6.07) is 8.20. The molecule has 0 aliphatic heterocycles. The first-order valence-corrected chi connectivity index (χ1v) is 6.52. The Balaban J connectivity index is 2.05. The number of imidazole rings is 1. The van der Waals surface area contributed by atoms with Crippen LogP contribution in [0.25, 0.3) is 0 Å². The highest BCUT2D eigenvalue weighted by Crippen LogP contribution is 2.08. The topological polar surface area (TPSA) is 38.0 Å². The summed E-state index contributed by atoms with van der Waals surface area (Å²) in [7, 11) is 0. The fourth-order valence-electron chi connectivity index (χ4n) is 1.91. The van der Waals surface area contributed by atoms with Crippen molar-refractivity contribution in [2.75, 3.05) is 6.61 Å². The summed E-state index contributed by atoms with van der Waals surface area (Å²) in [6.07, 6.45) is 5.32.